The van der Waals surface area contributed by atoms with Gasteiger partial charge in [0.1, 0.15) is 11.8 Å². The lowest BCUT2D eigenvalue weighted by molar-refractivity contribution is -0.124. The molecule has 0 saturated carbocycles. The van der Waals surface area contributed by atoms with Crippen LogP contribution in [-0.2, 0) is 21.2 Å². The van der Waals surface area contributed by atoms with Crippen molar-refractivity contribution >= 4 is 15.9 Å². The Morgan fingerprint density at radius 1 is 1.15 bits per heavy atom. The number of nitrogens with one attached hydrogen (secondary N) is 1. The Morgan fingerprint density at radius 2 is 1.94 bits per heavy atom. The van der Waals surface area contributed by atoms with Gasteiger partial charge in [-0.15, -0.1) is 5.10 Å². The molecule has 2 atom stereocenters. The molecule has 0 radical (unpaired) electrons. The number of carbonyl (C=O) groups excluding carboxylic acids is 1. The lowest BCUT2D eigenvalue weighted by atomic mass is 10.0. The summed E-state index contributed by atoms with van der Waals surface area (Å²) in [6.45, 7) is 2.45. The zero-order valence-corrected chi connectivity index (χ0v) is 18.8. The Hall–Kier alpha value is -3.66. The van der Waals surface area contributed by atoms with E-state index in [0.717, 1.165) is 27.6 Å². The number of amides is 1. The minimum Gasteiger partial charge on any atom is -0.493 e. The molecule has 33 heavy (non-hydrogen) atoms. The van der Waals surface area contributed by atoms with Crippen molar-refractivity contribution in [2.24, 2.45) is 0 Å². The molecule has 1 N–H and O–H groups in total. The number of hydrogen-bond acceptors (Lipinski definition) is 6. The molecule has 2 aromatic carbocycles. The molecule has 9 nitrogen and oxygen atoms in total. The van der Waals surface area contributed by atoms with E-state index in [2.05, 4.69) is 15.6 Å². The second kappa shape index (κ2) is 8.36. The van der Waals surface area contributed by atoms with E-state index in [4.69, 9.17) is 4.74 Å². The monoisotopic (exact) mass is 465 g/mol. The van der Waals surface area contributed by atoms with Gasteiger partial charge in [-0.1, -0.05) is 41.1 Å². The minimum absolute atomic E-state index is 0.0383. The van der Waals surface area contributed by atoms with Crippen molar-refractivity contribution < 1.29 is 17.9 Å². The van der Waals surface area contributed by atoms with Gasteiger partial charge in [0.05, 0.1) is 23.2 Å². The van der Waals surface area contributed by atoms with Crippen LogP contribution in [0.1, 0.15) is 29.3 Å². The number of benzene rings is 2. The normalized spacial score (nSPS) is 20.2. The van der Waals surface area contributed by atoms with E-state index >= 15 is 0 Å². The van der Waals surface area contributed by atoms with E-state index in [1.54, 1.807) is 35.1 Å². The molecule has 0 bridgehead atoms. The van der Waals surface area contributed by atoms with Crippen LogP contribution in [0.15, 0.2) is 72.0 Å². The van der Waals surface area contributed by atoms with E-state index in [9.17, 15) is 13.2 Å². The number of sulfonamides is 1. The Morgan fingerprint density at radius 3 is 2.76 bits per heavy atom. The Bertz CT molecular complexity index is 1320. The standard InChI is InChI=1S/C23H23N5O4S/c1-16-6-8-18(9-7-16)33(30,31)28-12-11-24-23(29)21(28)14-17-15-27(26-25-17)20-10-13-32-22-5-3-2-4-19(20)22/h2-9,11-12,15,20-21H,10,13-14H2,1H3,(H,24,29). The molecule has 2 aliphatic rings. The first-order valence-corrected chi connectivity index (χ1v) is 12.1. The van der Waals surface area contributed by atoms with Gasteiger partial charge in [0.2, 0.25) is 5.91 Å². The van der Waals surface area contributed by atoms with Crippen molar-refractivity contribution in [1.29, 1.82) is 0 Å². The lowest BCUT2D eigenvalue weighted by Gasteiger charge is -2.31. The second-order valence-corrected chi connectivity index (χ2v) is 9.92. The largest absolute Gasteiger partial charge is 0.493 e. The third-order valence-electron chi connectivity index (χ3n) is 5.86. The van der Waals surface area contributed by atoms with Gasteiger partial charge in [0.25, 0.3) is 10.0 Å². The molecule has 0 aliphatic carbocycles. The highest BCUT2D eigenvalue weighted by Gasteiger charge is 2.36. The molecule has 10 heteroatoms. The summed E-state index contributed by atoms with van der Waals surface area (Å²) in [5.41, 5.74) is 2.49. The van der Waals surface area contributed by atoms with Crippen LogP contribution in [-0.4, -0.2) is 46.3 Å². The van der Waals surface area contributed by atoms with E-state index in [0.29, 0.717) is 12.3 Å². The number of nitrogens with zero attached hydrogens (tertiary/aromatic N) is 4. The number of aryl methyl sites for hydroxylation is 1. The maximum absolute atomic E-state index is 13.3. The predicted octanol–water partition coefficient (Wildman–Crippen LogP) is 2.16. The van der Waals surface area contributed by atoms with E-state index in [-0.39, 0.29) is 17.4 Å². The Kier molecular flexibility index (Phi) is 5.37. The van der Waals surface area contributed by atoms with Crippen LogP contribution < -0.4 is 10.1 Å². The first-order chi connectivity index (χ1) is 15.9. The highest BCUT2D eigenvalue weighted by molar-refractivity contribution is 7.89. The smallest absolute Gasteiger partial charge is 0.264 e. The fraction of sp³-hybridized carbons (Fsp3) is 0.261. The predicted molar refractivity (Wildman–Crippen MR) is 120 cm³/mol. The second-order valence-electron chi connectivity index (χ2n) is 8.07. The topological polar surface area (TPSA) is 106 Å². The first kappa shape index (κ1) is 21.2. The number of ether oxygens (including phenoxy) is 1. The number of para-hydroxylation sites is 1. The van der Waals surface area contributed by atoms with Crippen LogP contribution in [0.5, 0.6) is 5.75 Å². The van der Waals surface area contributed by atoms with Gasteiger partial charge >= 0.3 is 0 Å². The van der Waals surface area contributed by atoms with Crippen LogP contribution in [0.25, 0.3) is 0 Å². The molecule has 3 heterocycles. The van der Waals surface area contributed by atoms with E-state index < -0.39 is 22.0 Å². The Balaban J connectivity index is 1.42. The molecule has 2 aliphatic heterocycles. The van der Waals surface area contributed by atoms with Gasteiger partial charge in [0.15, 0.2) is 0 Å². The maximum Gasteiger partial charge on any atom is 0.264 e. The summed E-state index contributed by atoms with van der Waals surface area (Å²) in [7, 11) is -3.92. The van der Waals surface area contributed by atoms with Crippen molar-refractivity contribution in [2.75, 3.05) is 6.61 Å². The molecule has 1 aromatic heterocycles. The number of hydrogen-bond donors (Lipinski definition) is 1. The molecule has 2 unspecified atom stereocenters. The van der Waals surface area contributed by atoms with Crippen molar-refractivity contribution in [3.8, 4) is 5.75 Å². The average Bonchev–Trinajstić information content (AvgIpc) is 3.28. The molecule has 170 valence electrons. The first-order valence-electron chi connectivity index (χ1n) is 10.6. The molecule has 0 spiro atoms. The number of rotatable bonds is 5. The summed E-state index contributed by atoms with van der Waals surface area (Å²) in [6.07, 6.45) is 5.31. The lowest BCUT2D eigenvalue weighted by Crippen LogP contribution is -2.50. The van der Waals surface area contributed by atoms with Crippen molar-refractivity contribution in [3.05, 3.63) is 83.9 Å². The Labute approximate surface area is 191 Å². The summed E-state index contributed by atoms with van der Waals surface area (Å²) in [5.74, 6) is 0.400. The summed E-state index contributed by atoms with van der Waals surface area (Å²) < 4.78 is 35.1. The van der Waals surface area contributed by atoms with Gasteiger partial charge in [0, 0.05) is 37.0 Å². The summed E-state index contributed by atoms with van der Waals surface area (Å²) in [4.78, 5) is 12.8. The van der Waals surface area contributed by atoms with Gasteiger partial charge in [-0.05, 0) is 25.1 Å². The molecule has 3 aromatic rings. The fourth-order valence-corrected chi connectivity index (χ4v) is 5.58. The average molecular weight is 466 g/mol. The number of aromatic nitrogens is 3. The molecule has 1 amide bonds. The molecule has 0 fully saturated rings. The van der Waals surface area contributed by atoms with E-state index in [1.807, 2.05) is 31.2 Å². The zero-order chi connectivity index (χ0) is 23.0. The molecular weight excluding hydrogens is 442 g/mol. The number of carbonyl (C=O) groups is 1. The van der Waals surface area contributed by atoms with Crippen LogP contribution in [0.3, 0.4) is 0 Å². The van der Waals surface area contributed by atoms with Crippen LogP contribution >= 0.6 is 0 Å². The third kappa shape index (κ3) is 3.97. The van der Waals surface area contributed by atoms with Gasteiger partial charge < -0.3 is 10.1 Å². The maximum atomic E-state index is 13.3. The van der Waals surface area contributed by atoms with Crippen molar-refractivity contribution in [3.63, 3.8) is 0 Å². The quantitative estimate of drug-likeness (QED) is 0.619. The molecule has 5 rings (SSSR count). The fourth-order valence-electron chi connectivity index (χ4n) is 4.13. The summed E-state index contributed by atoms with van der Waals surface area (Å²) >= 11 is 0. The number of fused-ring (bicyclic) bond motifs is 1. The minimum atomic E-state index is -3.92. The zero-order valence-electron chi connectivity index (χ0n) is 18.0. The van der Waals surface area contributed by atoms with Crippen molar-refractivity contribution in [1.82, 2.24) is 24.6 Å². The van der Waals surface area contributed by atoms with E-state index in [1.165, 1.54) is 12.4 Å². The van der Waals surface area contributed by atoms with Crippen LogP contribution in [0.2, 0.25) is 0 Å². The summed E-state index contributed by atoms with van der Waals surface area (Å²) in [5, 5.41) is 11.1. The van der Waals surface area contributed by atoms with Crippen LogP contribution in [0.4, 0.5) is 0 Å². The SMILES string of the molecule is Cc1ccc(S(=O)(=O)N2C=CNC(=O)C2Cc2cn(C3CCOc4ccccc43)nn2)cc1. The molecule has 0 saturated heterocycles. The summed E-state index contributed by atoms with van der Waals surface area (Å²) in [6, 6.07) is 13.3. The van der Waals surface area contributed by atoms with Crippen molar-refractivity contribution in [2.45, 2.75) is 36.7 Å². The highest BCUT2D eigenvalue weighted by Crippen LogP contribution is 2.34. The van der Waals surface area contributed by atoms with Crippen LogP contribution in [0, 0.1) is 6.92 Å². The van der Waals surface area contributed by atoms with Gasteiger partial charge in [-0.25, -0.2) is 13.1 Å². The molecular formula is C23H23N5O4S. The third-order valence-corrected chi connectivity index (χ3v) is 7.66. The van der Waals surface area contributed by atoms with Gasteiger partial charge in [-0.3, -0.25) is 9.10 Å². The van der Waals surface area contributed by atoms with Gasteiger partial charge in [-0.2, -0.15) is 0 Å². The highest BCUT2D eigenvalue weighted by atomic mass is 32.2.